The molecule has 0 saturated carbocycles. The Morgan fingerprint density at radius 3 is 1.36 bits per heavy atom. The summed E-state index contributed by atoms with van der Waals surface area (Å²) in [5.41, 5.74) is 1.02. The summed E-state index contributed by atoms with van der Waals surface area (Å²) >= 11 is 26.0. The van der Waals surface area contributed by atoms with Crippen LogP contribution in [-0.2, 0) is 16.0 Å². The molecular formula is C27H28Cl4O8. The van der Waals surface area contributed by atoms with E-state index in [1.54, 1.807) is 0 Å². The van der Waals surface area contributed by atoms with Gasteiger partial charge in [0.2, 0.25) is 0 Å². The molecule has 0 aliphatic rings. The fourth-order valence-corrected chi connectivity index (χ4v) is 4.26. The molecule has 0 saturated heterocycles. The molecule has 2 aromatic carbocycles. The molecule has 2 atom stereocenters. The van der Waals surface area contributed by atoms with Gasteiger partial charge in [-0.2, -0.15) is 0 Å². The number of hydrogen-bond acceptors (Lipinski definition) is 8. The molecule has 0 radical (unpaired) electrons. The van der Waals surface area contributed by atoms with E-state index >= 15 is 0 Å². The van der Waals surface area contributed by atoms with Crippen molar-refractivity contribution >= 4 is 58.3 Å². The van der Waals surface area contributed by atoms with Gasteiger partial charge in [-0.05, 0) is 39.8 Å². The molecule has 2 rings (SSSR count). The Morgan fingerprint density at radius 2 is 1.08 bits per heavy atom. The number of hydrogen-bond donors (Lipinski definition) is 2. The zero-order valence-electron chi connectivity index (χ0n) is 21.7. The SMILES string of the molecule is C=C(C)C(=O)Oc1c(Cl)cc(Cc2cc(Cl)c(OC(=O)C(=C)C)c(Cl)c2OCC(C)O)c(OCC(C)O)c1Cl. The largest absolute Gasteiger partial charge is 0.489 e. The van der Waals surface area contributed by atoms with Crippen molar-refractivity contribution in [1.82, 2.24) is 0 Å². The lowest BCUT2D eigenvalue weighted by molar-refractivity contribution is -0.130. The van der Waals surface area contributed by atoms with Crippen LogP contribution in [0.15, 0.2) is 36.4 Å². The predicted molar refractivity (Wildman–Crippen MR) is 151 cm³/mol. The highest BCUT2D eigenvalue weighted by atomic mass is 35.5. The number of aliphatic hydroxyl groups is 2. The summed E-state index contributed by atoms with van der Waals surface area (Å²) in [4.78, 5) is 24.3. The number of ether oxygens (including phenoxy) is 4. The third kappa shape index (κ3) is 8.76. The van der Waals surface area contributed by atoms with Gasteiger partial charge in [-0.25, -0.2) is 9.59 Å². The van der Waals surface area contributed by atoms with Gasteiger partial charge in [0.05, 0.1) is 22.3 Å². The second kappa shape index (κ2) is 14.3. The van der Waals surface area contributed by atoms with Gasteiger partial charge in [0.15, 0.2) is 11.5 Å². The number of aliphatic hydroxyl groups excluding tert-OH is 2. The Labute approximate surface area is 246 Å². The predicted octanol–water partition coefficient (Wildman–Crippen LogP) is 6.37. The molecule has 0 heterocycles. The Morgan fingerprint density at radius 1 is 0.744 bits per heavy atom. The quantitative estimate of drug-likeness (QED) is 0.160. The van der Waals surface area contributed by atoms with Crippen molar-refractivity contribution in [3.63, 3.8) is 0 Å². The Kier molecular flexibility index (Phi) is 12.0. The van der Waals surface area contributed by atoms with Crippen molar-refractivity contribution in [3.05, 3.63) is 67.7 Å². The molecule has 2 aromatic rings. The van der Waals surface area contributed by atoms with Gasteiger partial charge in [0.25, 0.3) is 0 Å². The minimum atomic E-state index is -0.859. The monoisotopic (exact) mass is 620 g/mol. The molecule has 0 aliphatic heterocycles. The first-order valence-corrected chi connectivity index (χ1v) is 13.0. The van der Waals surface area contributed by atoms with Crippen molar-refractivity contribution in [2.45, 2.75) is 46.3 Å². The maximum absolute atomic E-state index is 12.1. The van der Waals surface area contributed by atoms with Gasteiger partial charge in [0, 0.05) is 28.7 Å². The average Bonchev–Trinajstić information content (AvgIpc) is 2.82. The van der Waals surface area contributed by atoms with Crippen LogP contribution in [0.4, 0.5) is 0 Å². The number of esters is 2. The molecule has 39 heavy (non-hydrogen) atoms. The fourth-order valence-electron chi connectivity index (χ4n) is 3.00. The molecule has 0 spiro atoms. The van der Waals surface area contributed by atoms with Gasteiger partial charge >= 0.3 is 11.9 Å². The van der Waals surface area contributed by atoms with Crippen molar-refractivity contribution in [2.75, 3.05) is 13.2 Å². The number of carbonyl (C=O) groups excluding carboxylic acids is 2. The molecule has 0 aromatic heterocycles. The Bertz CT molecular complexity index is 1190. The lowest BCUT2D eigenvalue weighted by atomic mass is 10.0. The van der Waals surface area contributed by atoms with E-state index in [2.05, 4.69) is 13.2 Å². The van der Waals surface area contributed by atoms with Gasteiger partial charge in [-0.3, -0.25) is 0 Å². The van der Waals surface area contributed by atoms with Crippen molar-refractivity contribution in [2.24, 2.45) is 0 Å². The summed E-state index contributed by atoms with van der Waals surface area (Å²) in [6.45, 7) is 12.7. The molecule has 2 unspecified atom stereocenters. The number of benzene rings is 2. The van der Waals surface area contributed by atoms with E-state index in [0.717, 1.165) is 0 Å². The maximum atomic E-state index is 12.1. The summed E-state index contributed by atoms with van der Waals surface area (Å²) < 4.78 is 22.1. The van der Waals surface area contributed by atoms with Crippen LogP contribution in [0.5, 0.6) is 23.0 Å². The van der Waals surface area contributed by atoms with E-state index < -0.39 is 24.1 Å². The summed E-state index contributed by atoms with van der Waals surface area (Å²) in [5.74, 6) is -1.67. The zero-order chi connectivity index (χ0) is 29.6. The normalized spacial score (nSPS) is 12.4. The molecule has 0 aliphatic carbocycles. The minimum Gasteiger partial charge on any atom is -0.489 e. The third-order valence-electron chi connectivity index (χ3n) is 4.82. The third-order valence-corrected chi connectivity index (χ3v) is 6.07. The summed E-state index contributed by atoms with van der Waals surface area (Å²) in [6.07, 6.45) is -1.71. The van der Waals surface area contributed by atoms with Crippen LogP contribution >= 0.6 is 46.4 Å². The second-order valence-corrected chi connectivity index (χ2v) is 10.4. The van der Waals surface area contributed by atoms with Crippen LogP contribution in [0.2, 0.25) is 20.1 Å². The van der Waals surface area contributed by atoms with Crippen LogP contribution in [0.1, 0.15) is 38.8 Å². The molecule has 2 N–H and O–H groups in total. The molecule has 0 bridgehead atoms. The van der Waals surface area contributed by atoms with Crippen LogP contribution in [0.25, 0.3) is 0 Å². The van der Waals surface area contributed by atoms with Crippen LogP contribution in [-0.4, -0.2) is 47.6 Å². The minimum absolute atomic E-state index is 0.00654. The lowest BCUT2D eigenvalue weighted by Crippen LogP contribution is -2.16. The van der Waals surface area contributed by atoms with Crippen molar-refractivity contribution in [3.8, 4) is 23.0 Å². The second-order valence-electron chi connectivity index (χ2n) is 8.82. The van der Waals surface area contributed by atoms with E-state index in [4.69, 9.17) is 65.4 Å². The van der Waals surface area contributed by atoms with Crippen LogP contribution < -0.4 is 18.9 Å². The van der Waals surface area contributed by atoms with E-state index in [9.17, 15) is 19.8 Å². The Hall–Kier alpha value is -2.46. The molecular weight excluding hydrogens is 594 g/mol. The Balaban J connectivity index is 2.69. The lowest BCUT2D eigenvalue weighted by Gasteiger charge is -2.21. The molecule has 0 fully saturated rings. The van der Waals surface area contributed by atoms with Crippen LogP contribution in [0, 0.1) is 0 Å². The summed E-state index contributed by atoms with van der Waals surface area (Å²) in [6, 6.07) is 2.92. The molecule has 0 amide bonds. The molecule has 212 valence electrons. The highest BCUT2D eigenvalue weighted by Gasteiger charge is 2.26. The maximum Gasteiger partial charge on any atom is 0.338 e. The average molecular weight is 622 g/mol. The number of carbonyl (C=O) groups is 2. The van der Waals surface area contributed by atoms with Gasteiger partial charge < -0.3 is 29.2 Å². The fraction of sp³-hybridized carbons (Fsp3) is 0.333. The summed E-state index contributed by atoms with van der Waals surface area (Å²) in [5, 5.41) is 19.3. The number of halogens is 4. The van der Waals surface area contributed by atoms with Crippen LogP contribution in [0.3, 0.4) is 0 Å². The van der Waals surface area contributed by atoms with E-state index in [0.29, 0.717) is 11.1 Å². The van der Waals surface area contributed by atoms with E-state index in [-0.39, 0.29) is 73.9 Å². The van der Waals surface area contributed by atoms with E-state index in [1.165, 1.54) is 39.8 Å². The molecule has 12 heteroatoms. The number of rotatable bonds is 12. The van der Waals surface area contributed by atoms with Crippen molar-refractivity contribution < 1.29 is 38.7 Å². The standard InChI is InChI=1S/C27H28Cl4O8/c1-12(2)26(34)38-24-18(28)8-16(22(20(24)30)36-10-14(5)32)7-17-9-19(29)25(39-27(35)13(3)4)21(31)23(17)37-11-15(6)33/h8-9,14-15,32-33H,1,3,7,10-11H2,2,4-6H3. The zero-order valence-corrected chi connectivity index (χ0v) is 24.7. The highest BCUT2D eigenvalue weighted by Crippen LogP contribution is 2.47. The van der Waals surface area contributed by atoms with Gasteiger partial charge in [-0.15, -0.1) is 0 Å². The first-order chi connectivity index (χ1) is 18.1. The topological polar surface area (TPSA) is 112 Å². The molecule has 8 nitrogen and oxygen atoms in total. The van der Waals surface area contributed by atoms with Gasteiger partial charge in [-0.1, -0.05) is 59.6 Å². The van der Waals surface area contributed by atoms with E-state index in [1.807, 2.05) is 0 Å². The smallest absolute Gasteiger partial charge is 0.338 e. The first kappa shape index (κ1) is 32.8. The highest BCUT2D eigenvalue weighted by molar-refractivity contribution is 6.39. The first-order valence-electron chi connectivity index (χ1n) is 11.5. The van der Waals surface area contributed by atoms with Gasteiger partial charge in [0.1, 0.15) is 34.8 Å². The van der Waals surface area contributed by atoms with Crippen molar-refractivity contribution in [1.29, 1.82) is 0 Å². The summed E-state index contributed by atoms with van der Waals surface area (Å²) in [7, 11) is 0.